The number of hydrogen-bond acceptors (Lipinski definition) is 4. The van der Waals surface area contributed by atoms with Gasteiger partial charge in [-0.05, 0) is 31.8 Å². The van der Waals surface area contributed by atoms with E-state index in [0.29, 0.717) is 12.5 Å². The summed E-state index contributed by atoms with van der Waals surface area (Å²) in [5, 5.41) is 10.7. The van der Waals surface area contributed by atoms with Crippen LogP contribution in [0.5, 0.6) is 0 Å². The van der Waals surface area contributed by atoms with Gasteiger partial charge in [0.1, 0.15) is 0 Å². The zero-order valence-corrected chi connectivity index (χ0v) is 16.8. The fourth-order valence-corrected chi connectivity index (χ4v) is 2.59. The minimum absolute atomic E-state index is 0. The monoisotopic (exact) mass is 435 g/mol. The van der Waals surface area contributed by atoms with Crippen LogP contribution in [0.25, 0.3) is 0 Å². The molecule has 2 rings (SSSR count). The summed E-state index contributed by atoms with van der Waals surface area (Å²) in [4.78, 5) is 6.75. The maximum absolute atomic E-state index is 5.32. The fraction of sp³-hybridized carbons (Fsp3) is 0.750. The Balaban J connectivity index is 0.00000264. The van der Waals surface area contributed by atoms with Gasteiger partial charge in [0.2, 0.25) is 0 Å². The first kappa shape index (κ1) is 20.2. The van der Waals surface area contributed by atoms with E-state index in [1.165, 1.54) is 32.4 Å². The minimum Gasteiger partial charge on any atom is -0.359 e. The smallest absolute Gasteiger partial charge is 0.191 e. The number of nitrogens with zero attached hydrogens (tertiary/aromatic N) is 3. The van der Waals surface area contributed by atoms with Crippen LogP contribution in [0.15, 0.2) is 15.6 Å². The van der Waals surface area contributed by atoms with Crippen LogP contribution < -0.4 is 10.6 Å². The molecule has 1 aromatic rings. The number of aromatic nitrogens is 1. The summed E-state index contributed by atoms with van der Waals surface area (Å²) in [6, 6.07) is 2.00. The summed E-state index contributed by atoms with van der Waals surface area (Å²) >= 11 is 0. The molecule has 0 bridgehead atoms. The topological polar surface area (TPSA) is 65.7 Å². The van der Waals surface area contributed by atoms with Gasteiger partial charge in [-0.15, -0.1) is 24.0 Å². The van der Waals surface area contributed by atoms with Gasteiger partial charge in [0.05, 0.1) is 12.2 Å². The fourth-order valence-electron chi connectivity index (χ4n) is 2.59. The molecule has 0 amide bonds. The molecule has 23 heavy (non-hydrogen) atoms. The third-order valence-corrected chi connectivity index (χ3v) is 3.99. The van der Waals surface area contributed by atoms with Crippen molar-refractivity contribution in [2.45, 2.75) is 45.6 Å². The molecule has 1 aliphatic rings. The summed E-state index contributed by atoms with van der Waals surface area (Å²) in [5.41, 5.74) is 0.991. The molecular weight excluding hydrogens is 405 g/mol. The highest BCUT2D eigenvalue weighted by molar-refractivity contribution is 14.0. The van der Waals surface area contributed by atoms with E-state index in [2.05, 4.69) is 39.5 Å². The second-order valence-electron chi connectivity index (χ2n) is 6.13. The van der Waals surface area contributed by atoms with Crippen LogP contribution in [0.4, 0.5) is 0 Å². The van der Waals surface area contributed by atoms with E-state index in [-0.39, 0.29) is 24.0 Å². The molecule has 0 spiro atoms. The largest absolute Gasteiger partial charge is 0.359 e. The Morgan fingerprint density at radius 2 is 2.04 bits per heavy atom. The molecule has 2 N–H and O–H groups in total. The van der Waals surface area contributed by atoms with Crippen molar-refractivity contribution < 1.29 is 4.52 Å². The predicted molar refractivity (Wildman–Crippen MR) is 104 cm³/mol. The van der Waals surface area contributed by atoms with E-state index in [1.54, 1.807) is 7.05 Å². The molecule has 0 unspecified atom stereocenters. The summed E-state index contributed by atoms with van der Waals surface area (Å²) < 4.78 is 5.32. The average Bonchev–Trinajstić information content (AvgIpc) is 3.01. The lowest BCUT2D eigenvalue weighted by molar-refractivity contribution is 0.232. The summed E-state index contributed by atoms with van der Waals surface area (Å²) in [6.45, 7) is 9.25. The zero-order chi connectivity index (χ0) is 15.8. The van der Waals surface area contributed by atoms with E-state index in [1.807, 2.05) is 6.07 Å². The number of guanidine groups is 1. The van der Waals surface area contributed by atoms with Crippen molar-refractivity contribution in [1.29, 1.82) is 0 Å². The van der Waals surface area contributed by atoms with Gasteiger partial charge in [0, 0.05) is 26.2 Å². The van der Waals surface area contributed by atoms with Crippen LogP contribution in [-0.2, 0) is 6.54 Å². The SMILES string of the molecule is CN=C(NCCN1CCCCC1)NCc1cc(C(C)C)no1.I. The molecule has 0 aromatic carbocycles. The molecule has 1 aromatic heterocycles. The number of likely N-dealkylation sites (tertiary alicyclic amines) is 1. The van der Waals surface area contributed by atoms with E-state index in [9.17, 15) is 0 Å². The highest BCUT2D eigenvalue weighted by atomic mass is 127. The number of rotatable bonds is 6. The van der Waals surface area contributed by atoms with Gasteiger partial charge in [-0.1, -0.05) is 25.4 Å². The molecule has 1 aliphatic heterocycles. The Kier molecular flexibility index (Phi) is 9.54. The van der Waals surface area contributed by atoms with Crippen LogP contribution in [0.1, 0.15) is 50.5 Å². The van der Waals surface area contributed by atoms with Crippen molar-refractivity contribution in [3.8, 4) is 0 Å². The third-order valence-electron chi connectivity index (χ3n) is 3.99. The summed E-state index contributed by atoms with van der Waals surface area (Å²) in [5.74, 6) is 2.03. The van der Waals surface area contributed by atoms with Crippen LogP contribution in [0, 0.1) is 0 Å². The molecular formula is C16H30IN5O. The van der Waals surface area contributed by atoms with Gasteiger partial charge in [-0.3, -0.25) is 4.99 Å². The van der Waals surface area contributed by atoms with Crippen LogP contribution >= 0.6 is 24.0 Å². The lowest BCUT2D eigenvalue weighted by Gasteiger charge is -2.26. The number of nitrogens with one attached hydrogen (secondary N) is 2. The first-order chi connectivity index (χ1) is 10.7. The van der Waals surface area contributed by atoms with Crippen molar-refractivity contribution in [3.05, 3.63) is 17.5 Å². The standard InChI is InChI=1S/C16H29N5O.HI/c1-13(2)15-11-14(22-20-15)12-19-16(17-3)18-7-10-21-8-5-4-6-9-21;/h11,13H,4-10,12H2,1-3H3,(H2,17,18,19);1H. The quantitative estimate of drug-likeness (QED) is 0.409. The van der Waals surface area contributed by atoms with Gasteiger partial charge in [-0.2, -0.15) is 0 Å². The normalized spacial score (nSPS) is 16.3. The summed E-state index contributed by atoms with van der Waals surface area (Å²) in [7, 11) is 1.79. The lowest BCUT2D eigenvalue weighted by Crippen LogP contribution is -2.42. The van der Waals surface area contributed by atoms with E-state index in [4.69, 9.17) is 4.52 Å². The number of hydrogen-bond donors (Lipinski definition) is 2. The Bertz CT molecular complexity index is 469. The number of halogens is 1. The van der Waals surface area contributed by atoms with Gasteiger partial charge < -0.3 is 20.1 Å². The van der Waals surface area contributed by atoms with Gasteiger partial charge in [0.25, 0.3) is 0 Å². The predicted octanol–water partition coefficient (Wildman–Crippen LogP) is 2.57. The Hall–Kier alpha value is -0.830. The van der Waals surface area contributed by atoms with Gasteiger partial charge in [0.15, 0.2) is 11.7 Å². The molecule has 6 nitrogen and oxygen atoms in total. The van der Waals surface area contributed by atoms with Crippen molar-refractivity contribution in [3.63, 3.8) is 0 Å². The molecule has 0 aliphatic carbocycles. The van der Waals surface area contributed by atoms with Crippen molar-refractivity contribution in [1.82, 2.24) is 20.7 Å². The van der Waals surface area contributed by atoms with Crippen LogP contribution in [-0.4, -0.2) is 49.2 Å². The van der Waals surface area contributed by atoms with Gasteiger partial charge >= 0.3 is 0 Å². The zero-order valence-electron chi connectivity index (χ0n) is 14.5. The maximum Gasteiger partial charge on any atom is 0.191 e. The minimum atomic E-state index is 0. The Morgan fingerprint density at radius 1 is 1.30 bits per heavy atom. The Morgan fingerprint density at radius 3 is 2.65 bits per heavy atom. The second kappa shape index (κ2) is 10.9. The number of aliphatic imine (C=N–C) groups is 1. The van der Waals surface area contributed by atoms with E-state index < -0.39 is 0 Å². The molecule has 0 radical (unpaired) electrons. The molecule has 1 fully saturated rings. The second-order valence-corrected chi connectivity index (χ2v) is 6.13. The maximum atomic E-state index is 5.32. The molecule has 132 valence electrons. The first-order valence-electron chi connectivity index (χ1n) is 8.31. The molecule has 0 saturated carbocycles. The highest BCUT2D eigenvalue weighted by Crippen LogP contribution is 2.13. The molecule has 2 heterocycles. The van der Waals surface area contributed by atoms with Gasteiger partial charge in [-0.25, -0.2) is 0 Å². The molecule has 0 atom stereocenters. The third kappa shape index (κ3) is 7.07. The van der Waals surface area contributed by atoms with E-state index >= 15 is 0 Å². The van der Waals surface area contributed by atoms with Crippen molar-refractivity contribution in [2.75, 3.05) is 33.2 Å². The van der Waals surface area contributed by atoms with Crippen molar-refractivity contribution >= 4 is 29.9 Å². The van der Waals surface area contributed by atoms with E-state index in [0.717, 1.165) is 30.5 Å². The average molecular weight is 435 g/mol. The van der Waals surface area contributed by atoms with Crippen LogP contribution in [0.2, 0.25) is 0 Å². The number of piperidine rings is 1. The Labute approximate surface area is 156 Å². The van der Waals surface area contributed by atoms with Crippen molar-refractivity contribution in [2.24, 2.45) is 4.99 Å². The lowest BCUT2D eigenvalue weighted by atomic mass is 10.1. The molecule has 1 saturated heterocycles. The van der Waals surface area contributed by atoms with Crippen LogP contribution in [0.3, 0.4) is 0 Å². The summed E-state index contributed by atoms with van der Waals surface area (Å²) in [6.07, 6.45) is 4.04. The first-order valence-corrected chi connectivity index (χ1v) is 8.31. The highest BCUT2D eigenvalue weighted by Gasteiger charge is 2.10. The molecule has 7 heteroatoms.